The van der Waals surface area contributed by atoms with Crippen molar-refractivity contribution in [1.82, 2.24) is 40.3 Å². The Hall–Kier alpha value is -3.87. The molecule has 1 aliphatic heterocycles. The number of nitrogens with zero attached hydrogens (tertiary/aromatic N) is 8. The predicted molar refractivity (Wildman–Crippen MR) is 123 cm³/mol. The van der Waals surface area contributed by atoms with Gasteiger partial charge in [-0.05, 0) is 44.2 Å². The van der Waals surface area contributed by atoms with Crippen LogP contribution in [0, 0.1) is 0 Å². The monoisotopic (exact) mass is 489 g/mol. The molecule has 5 heterocycles. The highest BCUT2D eigenvalue weighted by Crippen LogP contribution is 2.27. The van der Waals surface area contributed by atoms with Crippen LogP contribution in [-0.2, 0) is 6.18 Å². The van der Waals surface area contributed by atoms with Crippen molar-refractivity contribution in [2.75, 3.05) is 31.1 Å². The molecule has 0 amide bonds. The van der Waals surface area contributed by atoms with Crippen LogP contribution in [0.1, 0.15) is 19.7 Å². The van der Waals surface area contributed by atoms with E-state index >= 15 is 0 Å². The number of pyridine rings is 1. The fraction of sp³-hybridized carbons (Fsp3) is 0.364. The van der Waals surface area contributed by atoms with E-state index < -0.39 is 12.0 Å². The summed E-state index contributed by atoms with van der Waals surface area (Å²) in [7, 11) is 0. The van der Waals surface area contributed by atoms with E-state index in [4.69, 9.17) is 4.74 Å². The van der Waals surface area contributed by atoms with Crippen molar-refractivity contribution in [2.45, 2.75) is 26.1 Å². The van der Waals surface area contributed by atoms with Gasteiger partial charge in [0.1, 0.15) is 5.82 Å². The van der Waals surface area contributed by atoms with E-state index in [0.29, 0.717) is 24.8 Å². The normalized spacial score (nSPS) is 13.5. The summed E-state index contributed by atoms with van der Waals surface area (Å²) in [6, 6.07) is 12.4. The molecular weight excluding hydrogens is 463 g/mol. The van der Waals surface area contributed by atoms with E-state index in [1.54, 1.807) is 24.7 Å². The van der Waals surface area contributed by atoms with E-state index in [0.717, 1.165) is 17.6 Å². The number of aromatic nitrogens is 7. The molecule has 1 aliphatic rings. The standard InChI is InChI=1S/C10H11F3N6.C8H11NO.C4H4N2/c11-10(12,13)9-16-15-7-1-2-8(17-19(7)9)18-5-3-14-4-6-18;1-7(2)10-8-5-3-4-6-9-8;1-2-4-6-5-3-1/h1-2,14H,3-6H2;3-7H,1-2H3;1-4H. The molecule has 186 valence electrons. The first-order valence-corrected chi connectivity index (χ1v) is 10.9. The van der Waals surface area contributed by atoms with Crippen LogP contribution in [0.25, 0.3) is 5.65 Å². The molecule has 0 bridgehead atoms. The van der Waals surface area contributed by atoms with Gasteiger partial charge in [0.15, 0.2) is 5.65 Å². The Balaban J connectivity index is 0.000000178. The van der Waals surface area contributed by atoms with Gasteiger partial charge in [-0.2, -0.15) is 27.9 Å². The lowest BCUT2D eigenvalue weighted by atomic mass is 10.3. The van der Waals surface area contributed by atoms with Crippen molar-refractivity contribution in [3.05, 3.63) is 66.9 Å². The van der Waals surface area contributed by atoms with Crippen LogP contribution in [0.3, 0.4) is 0 Å². The number of rotatable bonds is 3. The van der Waals surface area contributed by atoms with Gasteiger partial charge in [0.05, 0.1) is 6.10 Å². The Morgan fingerprint density at radius 3 is 2.14 bits per heavy atom. The maximum absolute atomic E-state index is 12.7. The van der Waals surface area contributed by atoms with Gasteiger partial charge < -0.3 is 15.0 Å². The smallest absolute Gasteiger partial charge is 0.453 e. The SMILES string of the molecule is CC(C)Oc1ccccn1.FC(F)(F)c1nnc2ccc(N3CCNCC3)nn12.c1ccnnc1. The van der Waals surface area contributed by atoms with E-state index in [1.165, 1.54) is 6.07 Å². The Bertz CT molecular complexity index is 1110. The van der Waals surface area contributed by atoms with Crippen molar-refractivity contribution in [2.24, 2.45) is 0 Å². The summed E-state index contributed by atoms with van der Waals surface area (Å²) in [4.78, 5) is 5.92. The molecule has 0 aromatic carbocycles. The molecule has 0 unspecified atom stereocenters. The van der Waals surface area contributed by atoms with Gasteiger partial charge in [0.25, 0.3) is 5.82 Å². The third-order valence-corrected chi connectivity index (χ3v) is 4.42. The van der Waals surface area contributed by atoms with Gasteiger partial charge in [0.2, 0.25) is 5.88 Å². The minimum Gasteiger partial charge on any atom is -0.475 e. The number of hydrogen-bond donors (Lipinski definition) is 1. The molecular formula is C22H26F3N9O. The Kier molecular flexibility index (Phi) is 9.23. The van der Waals surface area contributed by atoms with Crippen LogP contribution in [0.2, 0.25) is 0 Å². The molecule has 1 N–H and O–H groups in total. The number of halogens is 3. The first-order valence-electron chi connectivity index (χ1n) is 10.9. The molecule has 1 fully saturated rings. The Labute approximate surface area is 200 Å². The number of fused-ring (bicyclic) bond motifs is 1. The molecule has 0 saturated carbocycles. The number of nitrogens with one attached hydrogen (secondary N) is 1. The lowest BCUT2D eigenvalue weighted by Gasteiger charge is -2.28. The molecule has 0 aliphatic carbocycles. The third-order valence-electron chi connectivity index (χ3n) is 4.42. The van der Waals surface area contributed by atoms with Gasteiger partial charge in [-0.1, -0.05) is 6.07 Å². The lowest BCUT2D eigenvalue weighted by molar-refractivity contribution is -0.146. The molecule has 13 heteroatoms. The van der Waals surface area contributed by atoms with Gasteiger partial charge in [-0.15, -0.1) is 15.3 Å². The highest BCUT2D eigenvalue weighted by atomic mass is 19.4. The summed E-state index contributed by atoms with van der Waals surface area (Å²) >= 11 is 0. The third kappa shape index (κ3) is 8.14. The van der Waals surface area contributed by atoms with Crippen LogP contribution >= 0.6 is 0 Å². The number of ether oxygens (including phenoxy) is 1. The van der Waals surface area contributed by atoms with E-state index in [1.807, 2.05) is 49.1 Å². The fourth-order valence-electron chi connectivity index (χ4n) is 2.93. The molecule has 0 radical (unpaired) electrons. The van der Waals surface area contributed by atoms with Crippen molar-refractivity contribution in [3.8, 4) is 5.88 Å². The van der Waals surface area contributed by atoms with Crippen molar-refractivity contribution < 1.29 is 17.9 Å². The summed E-state index contributed by atoms with van der Waals surface area (Å²) in [5, 5.41) is 20.9. The van der Waals surface area contributed by atoms with Crippen LogP contribution in [-0.4, -0.2) is 67.3 Å². The first kappa shape index (κ1) is 25.7. The molecule has 4 aromatic heterocycles. The second-order valence-corrected chi connectivity index (χ2v) is 7.47. The average molecular weight is 490 g/mol. The molecule has 4 aromatic rings. The summed E-state index contributed by atoms with van der Waals surface area (Å²) in [5.41, 5.74) is 0.0891. The predicted octanol–water partition coefficient (Wildman–Crippen LogP) is 2.90. The largest absolute Gasteiger partial charge is 0.475 e. The van der Waals surface area contributed by atoms with Crippen LogP contribution in [0.5, 0.6) is 5.88 Å². The minimum absolute atomic E-state index is 0.0891. The second kappa shape index (κ2) is 12.6. The van der Waals surface area contributed by atoms with Crippen LogP contribution in [0.15, 0.2) is 61.1 Å². The number of anilines is 1. The highest BCUT2D eigenvalue weighted by molar-refractivity contribution is 5.46. The van der Waals surface area contributed by atoms with Crippen LogP contribution < -0.4 is 15.0 Å². The van der Waals surface area contributed by atoms with E-state index in [-0.39, 0.29) is 11.8 Å². The van der Waals surface area contributed by atoms with E-state index in [2.05, 4.69) is 35.8 Å². The zero-order valence-electron chi connectivity index (χ0n) is 19.3. The summed E-state index contributed by atoms with van der Waals surface area (Å²) in [6.45, 7) is 6.95. The number of alkyl halides is 3. The average Bonchev–Trinajstić information content (AvgIpc) is 3.31. The van der Waals surface area contributed by atoms with Crippen LogP contribution in [0.4, 0.5) is 19.0 Å². The minimum atomic E-state index is -4.56. The molecule has 5 rings (SSSR count). The highest BCUT2D eigenvalue weighted by Gasteiger charge is 2.37. The summed E-state index contributed by atoms with van der Waals surface area (Å²) < 4.78 is 44.3. The lowest BCUT2D eigenvalue weighted by Crippen LogP contribution is -2.44. The zero-order valence-corrected chi connectivity index (χ0v) is 19.3. The number of piperazine rings is 1. The topological polar surface area (TPSA) is 106 Å². The van der Waals surface area contributed by atoms with Gasteiger partial charge in [-0.25, -0.2) is 4.98 Å². The Morgan fingerprint density at radius 2 is 1.60 bits per heavy atom. The maximum atomic E-state index is 12.7. The summed E-state index contributed by atoms with van der Waals surface area (Å²) in [5.74, 6) is 0.0938. The molecule has 1 saturated heterocycles. The van der Waals surface area contributed by atoms with Gasteiger partial charge >= 0.3 is 6.18 Å². The first-order chi connectivity index (χ1) is 16.8. The van der Waals surface area contributed by atoms with Gasteiger partial charge in [0, 0.05) is 50.8 Å². The molecule has 0 atom stereocenters. The fourth-order valence-corrected chi connectivity index (χ4v) is 2.93. The zero-order chi connectivity index (χ0) is 25.1. The maximum Gasteiger partial charge on any atom is 0.453 e. The Morgan fingerprint density at radius 1 is 0.914 bits per heavy atom. The molecule has 10 nitrogen and oxygen atoms in total. The van der Waals surface area contributed by atoms with Gasteiger partial charge in [-0.3, -0.25) is 0 Å². The van der Waals surface area contributed by atoms with Crippen molar-refractivity contribution >= 4 is 11.5 Å². The molecule has 0 spiro atoms. The second-order valence-electron chi connectivity index (χ2n) is 7.47. The summed E-state index contributed by atoms with van der Waals surface area (Å²) in [6.07, 6.45) is 0.640. The quantitative estimate of drug-likeness (QED) is 0.465. The molecule has 35 heavy (non-hydrogen) atoms. The van der Waals surface area contributed by atoms with Crippen molar-refractivity contribution in [3.63, 3.8) is 0 Å². The number of hydrogen-bond acceptors (Lipinski definition) is 9. The van der Waals surface area contributed by atoms with Crippen molar-refractivity contribution in [1.29, 1.82) is 0 Å². The van der Waals surface area contributed by atoms with E-state index in [9.17, 15) is 13.2 Å².